The minimum absolute atomic E-state index is 0.193. The highest BCUT2D eigenvalue weighted by atomic mass is 15.4. The van der Waals surface area contributed by atoms with E-state index in [1.807, 2.05) is 12.2 Å². The van der Waals surface area contributed by atoms with E-state index >= 15 is 0 Å². The van der Waals surface area contributed by atoms with Gasteiger partial charge in [-0.25, -0.2) is 0 Å². The van der Waals surface area contributed by atoms with Crippen LogP contribution in [0.4, 0.5) is 0 Å². The fraction of sp³-hybridized carbons (Fsp3) is 0.538. The van der Waals surface area contributed by atoms with Crippen LogP contribution in [0.15, 0.2) is 37.2 Å². The molecule has 84 valence electrons. The van der Waals surface area contributed by atoms with E-state index in [2.05, 4.69) is 49.9 Å². The molecule has 0 amide bonds. The Morgan fingerprint density at radius 2 is 1.87 bits per heavy atom. The van der Waals surface area contributed by atoms with E-state index in [-0.39, 0.29) is 5.41 Å². The zero-order valence-corrected chi connectivity index (χ0v) is 10.2. The molecule has 15 heavy (non-hydrogen) atoms. The lowest BCUT2D eigenvalue weighted by atomic mass is 9.92. The number of hydrogen-bond acceptors (Lipinski definition) is 2. The Morgan fingerprint density at radius 3 is 2.33 bits per heavy atom. The third-order valence-electron chi connectivity index (χ3n) is 2.48. The standard InChI is InChI=1S/C13H22N2/c1-6-8-14-10-12(13(3,4)5)15(11-14)9-7-2/h6-7,10H,1-2,8-9,11H2,3-5H3. The van der Waals surface area contributed by atoms with Crippen LogP contribution in [0, 0.1) is 5.41 Å². The number of allylic oxidation sites excluding steroid dienone is 1. The van der Waals surface area contributed by atoms with Crippen molar-refractivity contribution in [2.45, 2.75) is 20.8 Å². The summed E-state index contributed by atoms with van der Waals surface area (Å²) in [5, 5.41) is 0. The Labute approximate surface area is 93.6 Å². The van der Waals surface area contributed by atoms with Gasteiger partial charge in [0.2, 0.25) is 0 Å². The van der Waals surface area contributed by atoms with Crippen LogP contribution >= 0.6 is 0 Å². The predicted molar refractivity (Wildman–Crippen MR) is 66.2 cm³/mol. The summed E-state index contributed by atoms with van der Waals surface area (Å²) in [5.74, 6) is 0. The molecule has 1 heterocycles. The van der Waals surface area contributed by atoms with Crippen LogP contribution in [-0.4, -0.2) is 29.6 Å². The third kappa shape index (κ3) is 2.88. The lowest BCUT2D eigenvalue weighted by molar-refractivity contribution is 0.254. The summed E-state index contributed by atoms with van der Waals surface area (Å²) in [6.07, 6.45) is 6.14. The van der Waals surface area contributed by atoms with Gasteiger partial charge in [-0.2, -0.15) is 0 Å². The fourth-order valence-corrected chi connectivity index (χ4v) is 1.85. The Balaban J connectivity index is 2.80. The molecule has 1 aliphatic rings. The fourth-order valence-electron chi connectivity index (χ4n) is 1.85. The van der Waals surface area contributed by atoms with Crippen molar-refractivity contribution >= 4 is 0 Å². The average molecular weight is 206 g/mol. The quantitative estimate of drug-likeness (QED) is 0.653. The smallest absolute Gasteiger partial charge is 0.0902 e. The second kappa shape index (κ2) is 4.56. The van der Waals surface area contributed by atoms with Gasteiger partial charge in [-0.05, 0) is 0 Å². The minimum atomic E-state index is 0.193. The van der Waals surface area contributed by atoms with E-state index in [0.717, 1.165) is 19.8 Å². The van der Waals surface area contributed by atoms with E-state index in [4.69, 9.17) is 0 Å². The Morgan fingerprint density at radius 1 is 1.27 bits per heavy atom. The van der Waals surface area contributed by atoms with Crippen LogP contribution < -0.4 is 0 Å². The van der Waals surface area contributed by atoms with Gasteiger partial charge in [0.15, 0.2) is 0 Å². The first-order valence-corrected chi connectivity index (χ1v) is 5.42. The van der Waals surface area contributed by atoms with E-state index in [1.54, 1.807) is 0 Å². The normalized spacial score (nSPS) is 16.6. The largest absolute Gasteiger partial charge is 0.355 e. The van der Waals surface area contributed by atoms with Crippen LogP contribution in [0.2, 0.25) is 0 Å². The molecule has 0 aromatic heterocycles. The second-order valence-electron chi connectivity index (χ2n) is 4.98. The monoisotopic (exact) mass is 206 g/mol. The van der Waals surface area contributed by atoms with Crippen molar-refractivity contribution in [2.24, 2.45) is 5.41 Å². The topological polar surface area (TPSA) is 6.48 Å². The van der Waals surface area contributed by atoms with Gasteiger partial charge in [0.05, 0.1) is 6.67 Å². The lowest BCUT2D eigenvalue weighted by Crippen LogP contribution is -2.30. The molecule has 1 rings (SSSR count). The molecule has 2 nitrogen and oxygen atoms in total. The number of hydrogen-bond donors (Lipinski definition) is 0. The summed E-state index contributed by atoms with van der Waals surface area (Å²) in [7, 11) is 0. The Hall–Kier alpha value is -1.18. The van der Waals surface area contributed by atoms with Crippen LogP contribution in [0.3, 0.4) is 0 Å². The van der Waals surface area contributed by atoms with Gasteiger partial charge < -0.3 is 9.80 Å². The maximum Gasteiger partial charge on any atom is 0.0902 e. The average Bonchev–Trinajstić information content (AvgIpc) is 2.49. The molecule has 1 aliphatic heterocycles. The molecule has 0 aromatic carbocycles. The molecule has 0 saturated heterocycles. The molecular formula is C13H22N2. The van der Waals surface area contributed by atoms with E-state index < -0.39 is 0 Å². The second-order valence-corrected chi connectivity index (χ2v) is 4.98. The summed E-state index contributed by atoms with van der Waals surface area (Å²) < 4.78 is 0. The maximum atomic E-state index is 3.80. The first-order chi connectivity index (χ1) is 6.99. The zero-order chi connectivity index (χ0) is 11.5. The van der Waals surface area contributed by atoms with E-state index in [1.165, 1.54) is 5.70 Å². The Kier molecular flexibility index (Phi) is 3.61. The van der Waals surface area contributed by atoms with Gasteiger partial charge in [-0.1, -0.05) is 32.9 Å². The molecule has 0 fully saturated rings. The van der Waals surface area contributed by atoms with Gasteiger partial charge in [-0.3, -0.25) is 0 Å². The predicted octanol–water partition coefficient (Wildman–Crippen LogP) is 2.82. The van der Waals surface area contributed by atoms with Crippen molar-refractivity contribution in [3.8, 4) is 0 Å². The highest BCUT2D eigenvalue weighted by molar-refractivity contribution is 5.15. The summed E-state index contributed by atoms with van der Waals surface area (Å²) >= 11 is 0. The molecule has 0 aliphatic carbocycles. The molecular weight excluding hydrogens is 184 g/mol. The van der Waals surface area contributed by atoms with Crippen LogP contribution in [0.5, 0.6) is 0 Å². The van der Waals surface area contributed by atoms with Crippen molar-refractivity contribution in [3.63, 3.8) is 0 Å². The molecule has 0 spiro atoms. The molecule has 0 aromatic rings. The van der Waals surface area contributed by atoms with Crippen molar-refractivity contribution in [3.05, 3.63) is 37.2 Å². The van der Waals surface area contributed by atoms with Gasteiger partial charge in [0.25, 0.3) is 0 Å². The van der Waals surface area contributed by atoms with E-state index in [0.29, 0.717) is 0 Å². The lowest BCUT2D eigenvalue weighted by Gasteiger charge is -2.29. The maximum absolute atomic E-state index is 3.80. The number of rotatable bonds is 4. The van der Waals surface area contributed by atoms with Gasteiger partial charge >= 0.3 is 0 Å². The highest BCUT2D eigenvalue weighted by Crippen LogP contribution is 2.32. The van der Waals surface area contributed by atoms with Crippen molar-refractivity contribution in [1.82, 2.24) is 9.80 Å². The SMILES string of the molecule is C=CCN1C=C(C(C)(C)C)N(CC=C)C1. The molecule has 0 radical (unpaired) electrons. The molecule has 0 N–H and O–H groups in total. The summed E-state index contributed by atoms with van der Waals surface area (Å²) in [6, 6.07) is 0. The summed E-state index contributed by atoms with van der Waals surface area (Å²) in [5.41, 5.74) is 1.57. The third-order valence-corrected chi connectivity index (χ3v) is 2.48. The summed E-state index contributed by atoms with van der Waals surface area (Å²) in [6.45, 7) is 17.1. The van der Waals surface area contributed by atoms with Gasteiger partial charge in [-0.15, -0.1) is 13.2 Å². The van der Waals surface area contributed by atoms with E-state index in [9.17, 15) is 0 Å². The highest BCUT2D eigenvalue weighted by Gasteiger charge is 2.28. The Bertz CT molecular complexity index is 271. The first-order valence-electron chi connectivity index (χ1n) is 5.42. The van der Waals surface area contributed by atoms with Gasteiger partial charge in [0, 0.05) is 30.4 Å². The molecule has 0 atom stereocenters. The minimum Gasteiger partial charge on any atom is -0.355 e. The molecule has 2 heteroatoms. The molecule has 0 bridgehead atoms. The van der Waals surface area contributed by atoms with Crippen LogP contribution in [-0.2, 0) is 0 Å². The van der Waals surface area contributed by atoms with Crippen LogP contribution in [0.25, 0.3) is 0 Å². The zero-order valence-electron chi connectivity index (χ0n) is 10.2. The van der Waals surface area contributed by atoms with Gasteiger partial charge in [0.1, 0.15) is 0 Å². The van der Waals surface area contributed by atoms with Crippen LogP contribution in [0.1, 0.15) is 20.8 Å². The molecule has 0 unspecified atom stereocenters. The molecule has 0 saturated carbocycles. The van der Waals surface area contributed by atoms with Crippen molar-refractivity contribution < 1.29 is 0 Å². The van der Waals surface area contributed by atoms with Crippen molar-refractivity contribution in [1.29, 1.82) is 0 Å². The summed E-state index contributed by atoms with van der Waals surface area (Å²) in [4.78, 5) is 4.63. The number of nitrogens with zero attached hydrogens (tertiary/aromatic N) is 2. The first kappa shape index (κ1) is 11.9. The van der Waals surface area contributed by atoms with Crippen molar-refractivity contribution in [2.75, 3.05) is 19.8 Å².